The summed E-state index contributed by atoms with van der Waals surface area (Å²) in [5.41, 5.74) is 0.746. The van der Waals surface area contributed by atoms with Gasteiger partial charge in [0.2, 0.25) is 5.78 Å². The maximum absolute atomic E-state index is 13.3. The summed E-state index contributed by atoms with van der Waals surface area (Å²) in [5, 5.41) is 0. The van der Waals surface area contributed by atoms with Gasteiger partial charge in [0, 0.05) is 25.0 Å². The van der Waals surface area contributed by atoms with Crippen molar-refractivity contribution in [2.75, 3.05) is 14.2 Å². The largest absolute Gasteiger partial charge is 0.497 e. The number of aromatic nitrogens is 5. The summed E-state index contributed by atoms with van der Waals surface area (Å²) in [7, 11) is 4.67. The third-order valence-electron chi connectivity index (χ3n) is 5.58. The highest BCUT2D eigenvalue weighted by Crippen LogP contribution is 2.31. The van der Waals surface area contributed by atoms with Crippen LogP contribution in [0.4, 0.5) is 0 Å². The Balaban J connectivity index is 2.14. The Kier molecular flexibility index (Phi) is 4.72. The number of rotatable bonds is 5. The number of benzene rings is 1. The van der Waals surface area contributed by atoms with Gasteiger partial charge in [-0.2, -0.15) is 4.98 Å². The predicted octanol–water partition coefficient (Wildman–Crippen LogP) is 1.61. The molecule has 0 unspecified atom stereocenters. The van der Waals surface area contributed by atoms with E-state index >= 15 is 0 Å². The van der Waals surface area contributed by atoms with E-state index < -0.39 is 17.3 Å². The van der Waals surface area contributed by atoms with Crippen LogP contribution in [0, 0.1) is 6.92 Å². The van der Waals surface area contributed by atoms with Crippen LogP contribution in [0.1, 0.15) is 25.6 Å². The first-order chi connectivity index (χ1) is 14.7. The number of nitrogens with zero attached hydrogens (tertiary/aromatic N) is 5. The maximum Gasteiger partial charge on any atom is 0.333 e. The summed E-state index contributed by atoms with van der Waals surface area (Å²) in [5.74, 6) is 1.36. The molecule has 4 rings (SSSR count). The highest BCUT2D eigenvalue weighted by molar-refractivity contribution is 5.81. The number of methoxy groups -OCH3 is 2. The van der Waals surface area contributed by atoms with Gasteiger partial charge in [0.1, 0.15) is 11.5 Å². The minimum Gasteiger partial charge on any atom is -0.497 e. The van der Waals surface area contributed by atoms with Crippen LogP contribution in [0.5, 0.6) is 11.5 Å². The summed E-state index contributed by atoms with van der Waals surface area (Å²) < 4.78 is 16.6. The van der Waals surface area contributed by atoms with Crippen molar-refractivity contribution in [1.82, 2.24) is 23.1 Å². The molecule has 0 N–H and O–H groups in total. The van der Waals surface area contributed by atoms with E-state index in [1.54, 1.807) is 43.0 Å². The third-order valence-corrected chi connectivity index (χ3v) is 5.58. The lowest BCUT2D eigenvalue weighted by Gasteiger charge is -2.13. The highest BCUT2D eigenvalue weighted by Gasteiger charge is 2.25. The van der Waals surface area contributed by atoms with Crippen molar-refractivity contribution in [2.24, 2.45) is 7.05 Å². The number of carbonyl (C=O) groups is 1. The Morgan fingerprint density at radius 3 is 2.48 bits per heavy atom. The van der Waals surface area contributed by atoms with Gasteiger partial charge in [-0.05, 0) is 32.9 Å². The highest BCUT2D eigenvalue weighted by atomic mass is 16.5. The van der Waals surface area contributed by atoms with Gasteiger partial charge in [0.15, 0.2) is 16.9 Å². The molecule has 162 valence electrons. The summed E-state index contributed by atoms with van der Waals surface area (Å²) in [6.07, 6.45) is 1.76. The molecule has 0 aliphatic rings. The van der Waals surface area contributed by atoms with Crippen LogP contribution in [0.3, 0.4) is 0 Å². The van der Waals surface area contributed by atoms with Gasteiger partial charge in [-0.1, -0.05) is 0 Å². The van der Waals surface area contributed by atoms with Gasteiger partial charge < -0.3 is 9.47 Å². The van der Waals surface area contributed by atoms with Gasteiger partial charge in [0.05, 0.1) is 25.9 Å². The fourth-order valence-electron chi connectivity index (χ4n) is 3.77. The zero-order valence-corrected chi connectivity index (χ0v) is 18.2. The number of aryl methyl sites for hydroxylation is 2. The van der Waals surface area contributed by atoms with E-state index in [1.165, 1.54) is 25.5 Å². The lowest BCUT2D eigenvalue weighted by Crippen LogP contribution is -2.42. The number of hydrogen-bond donors (Lipinski definition) is 0. The van der Waals surface area contributed by atoms with E-state index in [4.69, 9.17) is 9.47 Å². The molecule has 0 fully saturated rings. The molecular formula is C21H23N5O5. The van der Waals surface area contributed by atoms with Crippen LogP contribution in [0.25, 0.3) is 22.6 Å². The Morgan fingerprint density at radius 1 is 1.16 bits per heavy atom. The molecule has 1 aromatic carbocycles. The van der Waals surface area contributed by atoms with Crippen LogP contribution in [-0.2, 0) is 11.8 Å². The second kappa shape index (κ2) is 7.15. The first-order valence-electron chi connectivity index (χ1n) is 9.65. The molecule has 31 heavy (non-hydrogen) atoms. The van der Waals surface area contributed by atoms with Crippen LogP contribution < -0.4 is 20.7 Å². The molecule has 0 saturated carbocycles. The van der Waals surface area contributed by atoms with Gasteiger partial charge in [-0.25, -0.2) is 9.36 Å². The smallest absolute Gasteiger partial charge is 0.333 e. The minimum absolute atomic E-state index is 0.217. The summed E-state index contributed by atoms with van der Waals surface area (Å²) in [6.45, 7) is 4.76. The fourth-order valence-corrected chi connectivity index (χ4v) is 3.77. The number of ketones is 1. The lowest BCUT2D eigenvalue weighted by atomic mass is 10.2. The minimum atomic E-state index is -0.886. The monoisotopic (exact) mass is 425 g/mol. The van der Waals surface area contributed by atoms with E-state index in [-0.39, 0.29) is 16.9 Å². The molecule has 0 radical (unpaired) electrons. The normalized spacial score (nSPS) is 12.5. The molecule has 0 bridgehead atoms. The Bertz CT molecular complexity index is 1470. The van der Waals surface area contributed by atoms with Gasteiger partial charge in [0.25, 0.3) is 5.56 Å². The van der Waals surface area contributed by atoms with Crippen molar-refractivity contribution in [3.05, 3.63) is 50.9 Å². The van der Waals surface area contributed by atoms with Crippen LogP contribution in [-0.4, -0.2) is 43.1 Å². The number of hydrogen-bond acceptors (Lipinski definition) is 6. The molecule has 0 aliphatic heterocycles. The zero-order valence-electron chi connectivity index (χ0n) is 18.2. The molecule has 1 atom stereocenters. The number of imidazole rings is 2. The van der Waals surface area contributed by atoms with Crippen LogP contribution in [0.15, 0.2) is 34.0 Å². The summed E-state index contributed by atoms with van der Waals surface area (Å²) in [6, 6.07) is 4.49. The van der Waals surface area contributed by atoms with Crippen molar-refractivity contribution < 1.29 is 14.3 Å². The second-order valence-electron chi connectivity index (χ2n) is 7.40. The van der Waals surface area contributed by atoms with Crippen molar-refractivity contribution in [3.8, 4) is 17.2 Å². The molecule has 0 amide bonds. The topological polar surface area (TPSA) is 102 Å². The van der Waals surface area contributed by atoms with E-state index in [1.807, 2.05) is 11.5 Å². The summed E-state index contributed by atoms with van der Waals surface area (Å²) in [4.78, 5) is 42.6. The fraction of sp³-hybridized carbons (Fsp3) is 0.333. The Morgan fingerprint density at radius 2 is 1.87 bits per heavy atom. The number of ether oxygens (including phenoxy) is 2. The first-order valence-corrected chi connectivity index (χ1v) is 9.65. The third kappa shape index (κ3) is 2.86. The lowest BCUT2D eigenvalue weighted by molar-refractivity contribution is -0.119. The first kappa shape index (κ1) is 20.5. The van der Waals surface area contributed by atoms with Crippen molar-refractivity contribution in [2.45, 2.75) is 26.8 Å². The van der Waals surface area contributed by atoms with E-state index in [2.05, 4.69) is 4.98 Å². The predicted molar refractivity (Wildman–Crippen MR) is 115 cm³/mol. The SMILES string of the molecule is COc1ccc(OC)c(-n2c(C)cn3c4c(=O)n([C@@H](C)C(C)=O)c(=O)n(C)c4nc23)c1. The Hall–Kier alpha value is -3.82. The second-order valence-corrected chi connectivity index (χ2v) is 7.40. The van der Waals surface area contributed by atoms with Crippen LogP contribution in [0.2, 0.25) is 0 Å². The molecule has 3 heterocycles. The molecular weight excluding hydrogens is 402 g/mol. The number of Topliss-reactive ketones (excluding diaryl/α,β-unsaturated/α-hetero) is 1. The zero-order chi connectivity index (χ0) is 22.6. The number of carbonyl (C=O) groups excluding carboxylic acids is 1. The van der Waals surface area contributed by atoms with Gasteiger partial charge in [-0.15, -0.1) is 0 Å². The standard InChI is InChI=1S/C21H23N5O5/c1-11-10-24-17-18(23(4)21(29)26(19(17)28)12(2)13(3)27)22-20(24)25(11)15-9-14(30-5)7-8-16(15)31-6/h7-10,12H,1-6H3/t12-/m0/s1. The average molecular weight is 425 g/mol. The van der Waals surface area contributed by atoms with E-state index in [0.717, 1.165) is 10.3 Å². The maximum atomic E-state index is 13.3. The molecule has 10 heteroatoms. The van der Waals surface area contributed by atoms with Crippen molar-refractivity contribution >= 4 is 22.7 Å². The van der Waals surface area contributed by atoms with E-state index in [9.17, 15) is 14.4 Å². The molecule has 0 saturated heterocycles. The van der Waals surface area contributed by atoms with Gasteiger partial charge in [-0.3, -0.25) is 23.1 Å². The van der Waals surface area contributed by atoms with Crippen molar-refractivity contribution in [1.29, 1.82) is 0 Å². The quantitative estimate of drug-likeness (QED) is 0.482. The summed E-state index contributed by atoms with van der Waals surface area (Å²) >= 11 is 0. The molecule has 3 aromatic heterocycles. The van der Waals surface area contributed by atoms with Crippen molar-refractivity contribution in [3.63, 3.8) is 0 Å². The Labute approximate surface area is 176 Å². The molecule has 0 aliphatic carbocycles. The molecule has 0 spiro atoms. The molecule has 4 aromatic rings. The van der Waals surface area contributed by atoms with E-state index in [0.29, 0.717) is 23.0 Å². The van der Waals surface area contributed by atoms with Crippen LogP contribution >= 0.6 is 0 Å². The van der Waals surface area contributed by atoms with Gasteiger partial charge >= 0.3 is 5.69 Å². The number of fused-ring (bicyclic) bond motifs is 3. The molecule has 10 nitrogen and oxygen atoms in total. The average Bonchev–Trinajstić information content (AvgIpc) is 3.26.